The number of unbranched alkanes of at least 4 members (excludes halogenated alkanes) is 1. The van der Waals surface area contributed by atoms with Crippen LogP contribution in [-0.2, 0) is 23.1 Å². The standard InChI is InChI=1S/C21H34N3O6P/c1-4-7-16-28-21(26)24-14-12-23(13-15-24)20(25)19(22)17-8-10-18(11-9-17)31(27,29-5-2)30-6-3/h8-11,19H,4-7,12-16,22H2,1-3H3. The lowest BCUT2D eigenvalue weighted by Crippen LogP contribution is -2.52. The molecule has 0 bridgehead atoms. The summed E-state index contributed by atoms with van der Waals surface area (Å²) >= 11 is 0. The molecule has 1 aromatic rings. The van der Waals surface area contributed by atoms with Gasteiger partial charge in [0, 0.05) is 26.2 Å². The smallest absolute Gasteiger partial charge is 0.409 e. The van der Waals surface area contributed by atoms with E-state index in [0.29, 0.717) is 43.7 Å². The lowest BCUT2D eigenvalue weighted by molar-refractivity contribution is -0.134. The van der Waals surface area contributed by atoms with Crippen molar-refractivity contribution in [3.63, 3.8) is 0 Å². The highest BCUT2D eigenvalue weighted by molar-refractivity contribution is 7.62. The van der Waals surface area contributed by atoms with E-state index >= 15 is 0 Å². The molecular formula is C21H34N3O6P. The van der Waals surface area contributed by atoms with E-state index < -0.39 is 13.6 Å². The van der Waals surface area contributed by atoms with Gasteiger partial charge in [0.25, 0.3) is 0 Å². The number of amides is 2. The van der Waals surface area contributed by atoms with Gasteiger partial charge in [0.05, 0.1) is 25.1 Å². The molecule has 1 fully saturated rings. The highest BCUT2D eigenvalue weighted by atomic mass is 31.2. The number of piperazine rings is 1. The number of rotatable bonds is 10. The first-order valence-corrected chi connectivity index (χ1v) is 12.4. The predicted molar refractivity (Wildman–Crippen MR) is 118 cm³/mol. The van der Waals surface area contributed by atoms with Crippen LogP contribution in [0.3, 0.4) is 0 Å². The van der Waals surface area contributed by atoms with Crippen LogP contribution in [0.5, 0.6) is 0 Å². The summed E-state index contributed by atoms with van der Waals surface area (Å²) in [5, 5.41) is 0.426. The van der Waals surface area contributed by atoms with Crippen molar-refractivity contribution in [2.75, 3.05) is 46.0 Å². The second-order valence-electron chi connectivity index (χ2n) is 7.18. The number of ether oxygens (including phenoxy) is 1. The molecular weight excluding hydrogens is 421 g/mol. The number of carbonyl (C=O) groups excluding carboxylic acids is 2. The molecule has 9 nitrogen and oxygen atoms in total. The van der Waals surface area contributed by atoms with Crippen molar-refractivity contribution in [1.29, 1.82) is 0 Å². The summed E-state index contributed by atoms with van der Waals surface area (Å²) < 4.78 is 28.8. The van der Waals surface area contributed by atoms with Crippen LogP contribution in [0, 0.1) is 0 Å². The molecule has 1 aliphatic rings. The molecule has 1 aliphatic heterocycles. The molecule has 0 spiro atoms. The average Bonchev–Trinajstić information content (AvgIpc) is 2.78. The van der Waals surface area contributed by atoms with Crippen molar-refractivity contribution in [3.05, 3.63) is 29.8 Å². The quantitative estimate of drug-likeness (QED) is 0.426. The highest BCUT2D eigenvalue weighted by Crippen LogP contribution is 2.46. The van der Waals surface area contributed by atoms with Crippen LogP contribution in [0.15, 0.2) is 24.3 Å². The Kier molecular flexibility index (Phi) is 9.96. The first-order valence-electron chi connectivity index (χ1n) is 10.8. The van der Waals surface area contributed by atoms with Gasteiger partial charge in [-0.25, -0.2) is 4.79 Å². The summed E-state index contributed by atoms with van der Waals surface area (Å²) in [6, 6.07) is 5.74. The number of carbonyl (C=O) groups is 2. The minimum atomic E-state index is -3.38. The van der Waals surface area contributed by atoms with E-state index in [2.05, 4.69) is 0 Å². The third-order valence-corrected chi connectivity index (χ3v) is 7.13. The molecule has 10 heteroatoms. The second-order valence-corrected chi connectivity index (χ2v) is 9.21. The van der Waals surface area contributed by atoms with E-state index in [1.165, 1.54) is 0 Å². The van der Waals surface area contributed by atoms with Crippen molar-refractivity contribution in [2.45, 2.75) is 39.7 Å². The summed E-state index contributed by atoms with van der Waals surface area (Å²) in [5.41, 5.74) is 6.80. The van der Waals surface area contributed by atoms with E-state index in [1.807, 2.05) is 6.92 Å². The molecule has 2 amide bonds. The van der Waals surface area contributed by atoms with Crippen LogP contribution in [-0.4, -0.2) is 67.8 Å². The van der Waals surface area contributed by atoms with Crippen LogP contribution < -0.4 is 11.0 Å². The normalized spacial score (nSPS) is 15.6. The second kappa shape index (κ2) is 12.2. The zero-order valence-corrected chi connectivity index (χ0v) is 19.5. The van der Waals surface area contributed by atoms with Gasteiger partial charge in [0.15, 0.2) is 0 Å². The third-order valence-electron chi connectivity index (χ3n) is 5.01. The summed E-state index contributed by atoms with van der Waals surface area (Å²) in [5.74, 6) is -0.218. The van der Waals surface area contributed by atoms with Crippen molar-refractivity contribution in [2.24, 2.45) is 5.73 Å². The van der Waals surface area contributed by atoms with Gasteiger partial charge in [-0.05, 0) is 38.0 Å². The fourth-order valence-electron chi connectivity index (χ4n) is 3.23. The molecule has 2 N–H and O–H groups in total. The van der Waals surface area contributed by atoms with E-state index in [0.717, 1.165) is 12.8 Å². The Hall–Kier alpha value is -1.93. The van der Waals surface area contributed by atoms with E-state index in [4.69, 9.17) is 19.5 Å². The monoisotopic (exact) mass is 455 g/mol. The van der Waals surface area contributed by atoms with Gasteiger partial charge < -0.3 is 29.3 Å². The van der Waals surface area contributed by atoms with Gasteiger partial charge in [0.1, 0.15) is 6.04 Å². The van der Waals surface area contributed by atoms with Gasteiger partial charge in [0.2, 0.25) is 5.91 Å². The number of nitrogens with zero attached hydrogens (tertiary/aromatic N) is 2. The minimum absolute atomic E-state index is 0.218. The van der Waals surface area contributed by atoms with Gasteiger partial charge in [-0.2, -0.15) is 0 Å². The summed E-state index contributed by atoms with van der Waals surface area (Å²) in [6.45, 7) is 8.08. The maximum absolute atomic E-state index is 12.9. The largest absolute Gasteiger partial charge is 0.449 e. The predicted octanol–water partition coefficient (Wildman–Crippen LogP) is 2.66. The first-order chi connectivity index (χ1) is 14.9. The van der Waals surface area contributed by atoms with Crippen molar-refractivity contribution in [3.8, 4) is 0 Å². The molecule has 0 aliphatic carbocycles. The van der Waals surface area contributed by atoms with Crippen molar-refractivity contribution in [1.82, 2.24) is 9.80 Å². The molecule has 0 aromatic heterocycles. The summed E-state index contributed by atoms with van der Waals surface area (Å²) in [6.07, 6.45) is 1.46. The highest BCUT2D eigenvalue weighted by Gasteiger charge is 2.30. The Balaban J connectivity index is 1.95. The van der Waals surface area contributed by atoms with E-state index in [1.54, 1.807) is 47.9 Å². The van der Waals surface area contributed by atoms with Gasteiger partial charge in [-0.15, -0.1) is 0 Å². The van der Waals surface area contributed by atoms with Crippen molar-refractivity contribution < 1.29 is 27.9 Å². The Bertz CT molecular complexity index is 755. The maximum atomic E-state index is 12.9. The van der Waals surface area contributed by atoms with E-state index in [-0.39, 0.29) is 25.2 Å². The van der Waals surface area contributed by atoms with Crippen molar-refractivity contribution >= 4 is 24.9 Å². The topological polar surface area (TPSA) is 111 Å². The Labute approximate surface area is 184 Å². The fraction of sp³-hybridized carbons (Fsp3) is 0.619. The van der Waals surface area contributed by atoms with Gasteiger partial charge >= 0.3 is 13.7 Å². The molecule has 174 valence electrons. The number of nitrogens with two attached hydrogens (primary N) is 1. The van der Waals surface area contributed by atoms with Gasteiger partial charge in [-0.3, -0.25) is 9.36 Å². The SMILES string of the molecule is CCCCOC(=O)N1CCN(C(=O)C(N)c2ccc(P(=O)(OCC)OCC)cc2)CC1. The number of hydrogen-bond donors (Lipinski definition) is 1. The zero-order valence-electron chi connectivity index (χ0n) is 18.6. The number of benzene rings is 1. The molecule has 1 aromatic carbocycles. The molecule has 2 rings (SSSR count). The van der Waals surface area contributed by atoms with Crippen LogP contribution in [0.4, 0.5) is 4.79 Å². The maximum Gasteiger partial charge on any atom is 0.409 e. The van der Waals surface area contributed by atoms with Gasteiger partial charge in [-0.1, -0.05) is 25.5 Å². The summed E-state index contributed by atoms with van der Waals surface area (Å²) in [4.78, 5) is 28.1. The minimum Gasteiger partial charge on any atom is -0.449 e. The molecule has 1 heterocycles. The summed E-state index contributed by atoms with van der Waals surface area (Å²) in [7, 11) is -3.38. The van der Waals surface area contributed by atoms with Crippen LogP contribution in [0.25, 0.3) is 0 Å². The molecule has 0 radical (unpaired) electrons. The number of hydrogen-bond acceptors (Lipinski definition) is 7. The zero-order chi connectivity index (χ0) is 22.9. The Morgan fingerprint density at radius 1 is 1.00 bits per heavy atom. The molecule has 31 heavy (non-hydrogen) atoms. The van der Waals surface area contributed by atoms with E-state index in [9.17, 15) is 14.2 Å². The van der Waals surface area contributed by atoms with Crippen LogP contribution in [0.1, 0.15) is 45.2 Å². The first kappa shape index (κ1) is 25.3. The van der Waals surface area contributed by atoms with Crippen LogP contribution >= 0.6 is 7.60 Å². The molecule has 0 saturated carbocycles. The average molecular weight is 455 g/mol. The Morgan fingerprint density at radius 3 is 2.06 bits per heavy atom. The molecule has 1 saturated heterocycles. The lowest BCUT2D eigenvalue weighted by Gasteiger charge is -2.35. The third kappa shape index (κ3) is 6.77. The molecule has 1 atom stereocenters. The fourth-order valence-corrected chi connectivity index (χ4v) is 4.80. The molecule has 1 unspecified atom stereocenters. The lowest BCUT2D eigenvalue weighted by atomic mass is 10.1. The van der Waals surface area contributed by atoms with Crippen LogP contribution in [0.2, 0.25) is 0 Å². The Morgan fingerprint density at radius 2 is 1.55 bits per heavy atom.